The number of nitrogens with zero attached hydrogens (tertiary/aromatic N) is 1. The Balaban J connectivity index is 2.10. The standard InChI is InChI=1S/C14H17ClN2S/c1-2-7-17-12(13-5-6-14(15)18-13)9-11-4-3-8-16-10-11/h3-6,8,10,12,17H,2,7,9H2,1H3. The van der Waals surface area contributed by atoms with Gasteiger partial charge < -0.3 is 5.32 Å². The number of hydrogen-bond donors (Lipinski definition) is 1. The number of halogens is 1. The van der Waals surface area contributed by atoms with E-state index in [4.69, 9.17) is 11.6 Å². The van der Waals surface area contributed by atoms with Crippen LogP contribution in [0.3, 0.4) is 0 Å². The summed E-state index contributed by atoms with van der Waals surface area (Å²) in [7, 11) is 0. The minimum Gasteiger partial charge on any atom is -0.309 e. The van der Waals surface area contributed by atoms with Gasteiger partial charge in [0.05, 0.1) is 4.34 Å². The fraction of sp³-hybridized carbons (Fsp3) is 0.357. The Kier molecular flexibility index (Phi) is 5.17. The predicted molar refractivity (Wildman–Crippen MR) is 78.3 cm³/mol. The smallest absolute Gasteiger partial charge is 0.0931 e. The molecule has 0 aliphatic carbocycles. The van der Waals surface area contributed by atoms with Crippen molar-refractivity contribution in [3.8, 4) is 0 Å². The van der Waals surface area contributed by atoms with Crippen LogP contribution in [0.5, 0.6) is 0 Å². The van der Waals surface area contributed by atoms with E-state index in [0.717, 1.165) is 23.7 Å². The van der Waals surface area contributed by atoms with E-state index in [1.54, 1.807) is 17.5 Å². The highest BCUT2D eigenvalue weighted by Gasteiger charge is 2.13. The van der Waals surface area contributed by atoms with E-state index in [1.165, 1.54) is 10.4 Å². The number of aromatic nitrogens is 1. The van der Waals surface area contributed by atoms with Gasteiger partial charge in [-0.3, -0.25) is 4.98 Å². The number of nitrogens with one attached hydrogen (secondary N) is 1. The number of thiophene rings is 1. The second-order valence-electron chi connectivity index (χ2n) is 4.21. The maximum absolute atomic E-state index is 6.02. The Bertz CT molecular complexity index is 470. The van der Waals surface area contributed by atoms with Crippen LogP contribution in [0.1, 0.15) is 29.8 Å². The Morgan fingerprint density at radius 1 is 1.39 bits per heavy atom. The molecule has 2 aromatic heterocycles. The molecule has 2 rings (SSSR count). The summed E-state index contributed by atoms with van der Waals surface area (Å²) in [5.41, 5.74) is 1.25. The van der Waals surface area contributed by atoms with Crippen LogP contribution in [0.4, 0.5) is 0 Å². The molecular weight excluding hydrogens is 264 g/mol. The van der Waals surface area contributed by atoms with Crippen LogP contribution in [0.25, 0.3) is 0 Å². The highest BCUT2D eigenvalue weighted by atomic mass is 35.5. The quantitative estimate of drug-likeness (QED) is 0.862. The molecule has 2 nitrogen and oxygen atoms in total. The lowest BCUT2D eigenvalue weighted by molar-refractivity contribution is 0.536. The summed E-state index contributed by atoms with van der Waals surface area (Å²) in [6.45, 7) is 3.19. The number of rotatable bonds is 6. The fourth-order valence-electron chi connectivity index (χ4n) is 1.86. The van der Waals surface area contributed by atoms with E-state index < -0.39 is 0 Å². The van der Waals surface area contributed by atoms with Crippen LogP contribution in [-0.2, 0) is 6.42 Å². The van der Waals surface area contributed by atoms with Gasteiger partial charge in [-0.25, -0.2) is 0 Å². The van der Waals surface area contributed by atoms with Crippen molar-refractivity contribution in [3.63, 3.8) is 0 Å². The van der Waals surface area contributed by atoms with E-state index in [1.807, 2.05) is 18.3 Å². The lowest BCUT2D eigenvalue weighted by Gasteiger charge is -2.17. The normalized spacial score (nSPS) is 12.6. The zero-order valence-electron chi connectivity index (χ0n) is 10.4. The summed E-state index contributed by atoms with van der Waals surface area (Å²) in [6.07, 6.45) is 5.81. The molecule has 0 spiro atoms. The first-order valence-electron chi connectivity index (χ1n) is 6.17. The Morgan fingerprint density at radius 3 is 2.89 bits per heavy atom. The molecule has 0 saturated carbocycles. The van der Waals surface area contributed by atoms with Crippen LogP contribution in [0.2, 0.25) is 4.34 Å². The molecule has 96 valence electrons. The summed E-state index contributed by atoms with van der Waals surface area (Å²) < 4.78 is 0.847. The van der Waals surface area contributed by atoms with Gasteiger partial charge in [-0.2, -0.15) is 0 Å². The maximum Gasteiger partial charge on any atom is 0.0931 e. The van der Waals surface area contributed by atoms with Gasteiger partial charge in [-0.15, -0.1) is 11.3 Å². The summed E-state index contributed by atoms with van der Waals surface area (Å²) in [5.74, 6) is 0. The summed E-state index contributed by atoms with van der Waals surface area (Å²) >= 11 is 7.67. The molecule has 2 heterocycles. The van der Waals surface area contributed by atoms with E-state index in [-0.39, 0.29) is 0 Å². The molecule has 0 fully saturated rings. The van der Waals surface area contributed by atoms with E-state index in [0.29, 0.717) is 6.04 Å². The third-order valence-electron chi connectivity index (χ3n) is 2.74. The zero-order valence-corrected chi connectivity index (χ0v) is 12.0. The Labute approximate surface area is 117 Å². The van der Waals surface area contributed by atoms with E-state index in [2.05, 4.69) is 29.4 Å². The topological polar surface area (TPSA) is 24.9 Å². The average Bonchev–Trinajstić information content (AvgIpc) is 2.82. The van der Waals surface area contributed by atoms with Crippen molar-refractivity contribution in [1.82, 2.24) is 10.3 Å². The van der Waals surface area contributed by atoms with E-state index in [9.17, 15) is 0 Å². The second-order valence-corrected chi connectivity index (χ2v) is 5.96. The van der Waals surface area contributed by atoms with Gasteiger partial charge in [-0.05, 0) is 43.1 Å². The Hall–Kier alpha value is -0.900. The van der Waals surface area contributed by atoms with Crippen molar-refractivity contribution in [2.75, 3.05) is 6.54 Å². The lowest BCUT2D eigenvalue weighted by Crippen LogP contribution is -2.23. The number of pyridine rings is 1. The second kappa shape index (κ2) is 6.88. The van der Waals surface area contributed by atoms with Gasteiger partial charge in [0.25, 0.3) is 0 Å². The monoisotopic (exact) mass is 280 g/mol. The van der Waals surface area contributed by atoms with E-state index >= 15 is 0 Å². The molecular formula is C14H17ClN2S. The predicted octanol–water partition coefficient (Wildman–Crippen LogP) is 4.08. The molecule has 0 aromatic carbocycles. The highest BCUT2D eigenvalue weighted by molar-refractivity contribution is 7.16. The average molecular weight is 281 g/mol. The van der Waals surface area contributed by atoms with Crippen LogP contribution in [0.15, 0.2) is 36.7 Å². The molecule has 4 heteroatoms. The number of hydrogen-bond acceptors (Lipinski definition) is 3. The van der Waals surface area contributed by atoms with Crippen molar-refractivity contribution in [2.45, 2.75) is 25.8 Å². The molecule has 2 aromatic rings. The van der Waals surface area contributed by atoms with Gasteiger partial charge in [0, 0.05) is 23.3 Å². The van der Waals surface area contributed by atoms with Crippen molar-refractivity contribution in [3.05, 3.63) is 51.4 Å². The molecule has 0 amide bonds. The zero-order chi connectivity index (χ0) is 12.8. The van der Waals surface area contributed by atoms with Crippen LogP contribution in [0, 0.1) is 0 Å². The summed E-state index contributed by atoms with van der Waals surface area (Å²) in [6, 6.07) is 8.49. The summed E-state index contributed by atoms with van der Waals surface area (Å²) in [5, 5.41) is 3.57. The van der Waals surface area contributed by atoms with Gasteiger partial charge in [-0.1, -0.05) is 24.6 Å². The van der Waals surface area contributed by atoms with Crippen LogP contribution < -0.4 is 5.32 Å². The van der Waals surface area contributed by atoms with Crippen molar-refractivity contribution >= 4 is 22.9 Å². The maximum atomic E-state index is 6.02. The minimum atomic E-state index is 0.326. The third kappa shape index (κ3) is 3.80. The largest absolute Gasteiger partial charge is 0.309 e. The molecule has 0 aliphatic heterocycles. The molecule has 18 heavy (non-hydrogen) atoms. The molecule has 1 N–H and O–H groups in total. The molecule has 0 radical (unpaired) electrons. The fourth-order valence-corrected chi connectivity index (χ4v) is 3.00. The van der Waals surface area contributed by atoms with Crippen molar-refractivity contribution < 1.29 is 0 Å². The molecule has 1 unspecified atom stereocenters. The van der Waals surface area contributed by atoms with Crippen LogP contribution in [-0.4, -0.2) is 11.5 Å². The molecule has 0 saturated heterocycles. The molecule has 1 atom stereocenters. The van der Waals surface area contributed by atoms with Gasteiger partial charge >= 0.3 is 0 Å². The highest BCUT2D eigenvalue weighted by Crippen LogP contribution is 2.28. The van der Waals surface area contributed by atoms with Crippen molar-refractivity contribution in [2.24, 2.45) is 0 Å². The SMILES string of the molecule is CCCNC(Cc1cccnc1)c1ccc(Cl)s1. The van der Waals surface area contributed by atoms with Crippen LogP contribution >= 0.6 is 22.9 Å². The van der Waals surface area contributed by atoms with Crippen molar-refractivity contribution in [1.29, 1.82) is 0 Å². The Morgan fingerprint density at radius 2 is 2.28 bits per heavy atom. The first kappa shape index (κ1) is 13.5. The molecule has 0 aliphatic rings. The first-order chi connectivity index (χ1) is 8.79. The lowest BCUT2D eigenvalue weighted by atomic mass is 10.1. The third-order valence-corrected chi connectivity index (χ3v) is 4.09. The van der Waals surface area contributed by atoms with Gasteiger partial charge in [0.2, 0.25) is 0 Å². The molecule has 0 bridgehead atoms. The minimum absolute atomic E-state index is 0.326. The first-order valence-corrected chi connectivity index (χ1v) is 7.36. The van der Waals surface area contributed by atoms with Gasteiger partial charge in [0.15, 0.2) is 0 Å². The summed E-state index contributed by atoms with van der Waals surface area (Å²) in [4.78, 5) is 5.46. The van der Waals surface area contributed by atoms with Gasteiger partial charge in [0.1, 0.15) is 0 Å².